The molecule has 1 aromatic rings. The van der Waals surface area contributed by atoms with Gasteiger partial charge in [0, 0.05) is 38.8 Å². The van der Waals surface area contributed by atoms with Crippen molar-refractivity contribution in [1.29, 1.82) is 0 Å². The molecule has 2 saturated heterocycles. The summed E-state index contributed by atoms with van der Waals surface area (Å²) in [5.41, 5.74) is -0.610. The quantitative estimate of drug-likeness (QED) is 0.713. The molecule has 2 aliphatic rings. The van der Waals surface area contributed by atoms with Gasteiger partial charge in [0.25, 0.3) is 0 Å². The molecule has 2 aliphatic heterocycles. The minimum atomic E-state index is -0.628. The SMILES string of the molecule is CN1CCC2(CCN(c3ncc(OC/C(=C/F)CNC(=O)OC(C)(C)C)cn3)CC2)C1=O. The van der Waals surface area contributed by atoms with E-state index < -0.39 is 11.7 Å². The fourth-order valence-corrected chi connectivity index (χ4v) is 3.94. The van der Waals surface area contributed by atoms with E-state index in [9.17, 15) is 14.0 Å². The first-order valence-electron chi connectivity index (χ1n) is 10.8. The number of alkyl carbamates (subject to hydrolysis) is 1. The summed E-state index contributed by atoms with van der Waals surface area (Å²) in [7, 11) is 1.86. The van der Waals surface area contributed by atoms with Crippen LogP contribution in [0.4, 0.5) is 15.1 Å². The molecule has 32 heavy (non-hydrogen) atoms. The number of ether oxygens (including phenoxy) is 2. The van der Waals surface area contributed by atoms with Gasteiger partial charge in [0.15, 0.2) is 5.75 Å². The number of carbonyl (C=O) groups is 2. The van der Waals surface area contributed by atoms with E-state index in [4.69, 9.17) is 9.47 Å². The van der Waals surface area contributed by atoms with Gasteiger partial charge in [-0.3, -0.25) is 4.79 Å². The Morgan fingerprint density at radius 1 is 1.22 bits per heavy atom. The van der Waals surface area contributed by atoms with E-state index in [1.54, 1.807) is 33.2 Å². The topological polar surface area (TPSA) is 96.9 Å². The zero-order valence-corrected chi connectivity index (χ0v) is 19.2. The lowest BCUT2D eigenvalue weighted by Gasteiger charge is -2.37. The highest BCUT2D eigenvalue weighted by Gasteiger charge is 2.47. The molecule has 176 valence electrons. The fraction of sp³-hybridized carbons (Fsp3) is 0.636. The number of likely N-dealkylation sites (tertiary alicyclic amines) is 1. The molecule has 0 aliphatic carbocycles. The van der Waals surface area contributed by atoms with Crippen molar-refractivity contribution in [2.24, 2.45) is 5.41 Å². The largest absolute Gasteiger partial charge is 0.486 e. The van der Waals surface area contributed by atoms with Crippen molar-refractivity contribution in [3.8, 4) is 5.75 Å². The Hall–Kier alpha value is -2.91. The summed E-state index contributed by atoms with van der Waals surface area (Å²) in [6.07, 6.45) is 5.37. The second kappa shape index (κ2) is 9.70. The lowest BCUT2D eigenvalue weighted by atomic mass is 9.77. The third-order valence-corrected chi connectivity index (χ3v) is 5.78. The summed E-state index contributed by atoms with van der Waals surface area (Å²) in [4.78, 5) is 36.8. The normalized spacial score (nSPS) is 18.8. The van der Waals surface area contributed by atoms with Crippen LogP contribution in [0.2, 0.25) is 0 Å². The number of hydrogen-bond acceptors (Lipinski definition) is 7. The van der Waals surface area contributed by atoms with E-state index in [0.717, 1.165) is 38.9 Å². The lowest BCUT2D eigenvalue weighted by Crippen LogP contribution is -2.44. The van der Waals surface area contributed by atoms with Crippen LogP contribution in [0, 0.1) is 5.41 Å². The lowest BCUT2D eigenvalue weighted by molar-refractivity contribution is -0.135. The Balaban J connectivity index is 1.46. The van der Waals surface area contributed by atoms with Crippen molar-refractivity contribution >= 4 is 17.9 Å². The summed E-state index contributed by atoms with van der Waals surface area (Å²) < 4.78 is 23.8. The molecule has 10 heteroatoms. The number of nitrogens with one attached hydrogen (secondary N) is 1. The predicted octanol–water partition coefficient (Wildman–Crippen LogP) is 2.68. The molecular formula is C22H32FN5O4. The maximum Gasteiger partial charge on any atom is 0.407 e. The highest BCUT2D eigenvalue weighted by Crippen LogP contribution is 2.41. The Kier molecular flexibility index (Phi) is 7.20. The van der Waals surface area contributed by atoms with E-state index in [0.29, 0.717) is 18.0 Å². The van der Waals surface area contributed by atoms with E-state index in [1.165, 1.54) is 0 Å². The summed E-state index contributed by atoms with van der Waals surface area (Å²) in [5.74, 6) is 1.23. The molecule has 0 atom stereocenters. The molecular weight excluding hydrogens is 417 g/mol. The summed E-state index contributed by atoms with van der Waals surface area (Å²) in [5, 5.41) is 2.49. The minimum Gasteiger partial charge on any atom is -0.486 e. The van der Waals surface area contributed by atoms with Gasteiger partial charge in [-0.15, -0.1) is 0 Å². The van der Waals surface area contributed by atoms with Crippen LogP contribution in [0.25, 0.3) is 0 Å². The van der Waals surface area contributed by atoms with Crippen LogP contribution >= 0.6 is 0 Å². The maximum atomic E-state index is 13.1. The molecule has 1 N–H and O–H groups in total. The van der Waals surface area contributed by atoms with E-state index in [2.05, 4.69) is 20.2 Å². The second-order valence-corrected chi connectivity index (χ2v) is 9.37. The van der Waals surface area contributed by atoms with Crippen molar-refractivity contribution in [3.05, 3.63) is 24.3 Å². The van der Waals surface area contributed by atoms with Crippen LogP contribution < -0.4 is 15.0 Å². The van der Waals surface area contributed by atoms with Crippen molar-refractivity contribution in [2.75, 3.05) is 44.7 Å². The van der Waals surface area contributed by atoms with Crippen LogP contribution in [0.15, 0.2) is 24.3 Å². The van der Waals surface area contributed by atoms with Crippen molar-refractivity contribution in [2.45, 2.75) is 45.6 Å². The van der Waals surface area contributed by atoms with Crippen LogP contribution in [0.5, 0.6) is 5.75 Å². The third-order valence-electron chi connectivity index (χ3n) is 5.78. The smallest absolute Gasteiger partial charge is 0.407 e. The number of carbonyl (C=O) groups excluding carboxylic acids is 2. The highest BCUT2D eigenvalue weighted by atomic mass is 19.1. The molecule has 9 nitrogen and oxygen atoms in total. The molecule has 0 unspecified atom stereocenters. The van der Waals surface area contributed by atoms with E-state index >= 15 is 0 Å². The highest BCUT2D eigenvalue weighted by molar-refractivity contribution is 5.84. The molecule has 2 fully saturated rings. The number of rotatable bonds is 6. The van der Waals surface area contributed by atoms with Crippen molar-refractivity contribution in [1.82, 2.24) is 20.2 Å². The molecule has 3 heterocycles. The van der Waals surface area contributed by atoms with Crippen LogP contribution in [-0.4, -0.2) is 72.3 Å². The molecule has 0 saturated carbocycles. The number of anilines is 1. The van der Waals surface area contributed by atoms with Gasteiger partial charge < -0.3 is 24.6 Å². The molecule has 0 bridgehead atoms. The number of aromatic nitrogens is 2. The molecule has 0 aromatic carbocycles. The van der Waals surface area contributed by atoms with E-state index in [1.807, 2.05) is 11.9 Å². The molecule has 1 spiro atoms. The van der Waals surface area contributed by atoms with Crippen LogP contribution in [-0.2, 0) is 9.53 Å². The number of halogens is 1. The van der Waals surface area contributed by atoms with Gasteiger partial charge in [0.1, 0.15) is 12.2 Å². The summed E-state index contributed by atoms with van der Waals surface area (Å²) >= 11 is 0. The first-order valence-corrected chi connectivity index (χ1v) is 10.8. The molecule has 2 amide bonds. The van der Waals surface area contributed by atoms with Gasteiger partial charge in [-0.2, -0.15) is 0 Å². The fourth-order valence-electron chi connectivity index (χ4n) is 3.94. The molecule has 3 rings (SSSR count). The van der Waals surface area contributed by atoms with Gasteiger partial charge in [-0.05, 0) is 40.0 Å². The average molecular weight is 450 g/mol. The Bertz CT molecular complexity index is 845. The zero-order chi connectivity index (χ0) is 23.4. The number of hydrogen-bond donors (Lipinski definition) is 1. The van der Waals surface area contributed by atoms with Crippen molar-refractivity contribution in [3.63, 3.8) is 0 Å². The maximum absolute atomic E-state index is 13.1. The van der Waals surface area contributed by atoms with Gasteiger partial charge in [0.05, 0.1) is 24.1 Å². The van der Waals surface area contributed by atoms with Gasteiger partial charge in [-0.25, -0.2) is 19.2 Å². The van der Waals surface area contributed by atoms with Gasteiger partial charge >= 0.3 is 6.09 Å². The van der Waals surface area contributed by atoms with E-state index in [-0.39, 0.29) is 30.0 Å². The Morgan fingerprint density at radius 3 is 2.38 bits per heavy atom. The molecule has 1 aromatic heterocycles. The van der Waals surface area contributed by atoms with Crippen LogP contribution in [0.3, 0.4) is 0 Å². The van der Waals surface area contributed by atoms with Crippen LogP contribution in [0.1, 0.15) is 40.0 Å². The number of piperidine rings is 1. The standard InChI is InChI=1S/C22H32FN5O4/c1-21(2,3)32-20(30)26-12-16(11-23)15-31-17-13-24-19(25-14-17)28-9-6-22(7-10-28)5-8-27(4)18(22)29/h11,13-14H,5-10,12,15H2,1-4H3,(H,26,30)/b16-11+. The first-order chi connectivity index (χ1) is 15.1. The predicted molar refractivity (Wildman–Crippen MR) is 117 cm³/mol. The monoisotopic (exact) mass is 449 g/mol. The minimum absolute atomic E-state index is 0.0339. The Morgan fingerprint density at radius 2 is 1.84 bits per heavy atom. The summed E-state index contributed by atoms with van der Waals surface area (Å²) in [6.45, 7) is 7.44. The second-order valence-electron chi connectivity index (χ2n) is 9.37. The van der Waals surface area contributed by atoms with Crippen molar-refractivity contribution < 1.29 is 23.5 Å². The number of nitrogens with zero attached hydrogens (tertiary/aromatic N) is 4. The first kappa shape index (κ1) is 23.7. The zero-order valence-electron chi connectivity index (χ0n) is 19.2. The number of amides is 2. The van der Waals surface area contributed by atoms with Gasteiger partial charge in [-0.1, -0.05) is 0 Å². The molecule has 0 radical (unpaired) electrons. The summed E-state index contributed by atoms with van der Waals surface area (Å²) in [6, 6.07) is 0. The Labute approximate surface area is 188 Å². The third kappa shape index (κ3) is 5.86. The average Bonchev–Trinajstić information content (AvgIpc) is 3.02. The van der Waals surface area contributed by atoms with Gasteiger partial charge in [0.2, 0.25) is 11.9 Å².